The first-order valence-corrected chi connectivity index (χ1v) is 7.95. The second-order valence-electron chi connectivity index (χ2n) is 4.34. The summed E-state index contributed by atoms with van der Waals surface area (Å²) in [6.45, 7) is 9.46. The standard InChI is InChI=1S/C12H23N3O2S/c1-5-8-15(9-6-2)18(16,17)12-10-14(7-3)13-11(12)4/h10H,5-9H2,1-4H3. The molecule has 6 heteroatoms. The SMILES string of the molecule is CCCN(CCC)S(=O)(=O)c1cn(CC)nc1C. The second-order valence-corrected chi connectivity index (χ2v) is 6.24. The summed E-state index contributed by atoms with van der Waals surface area (Å²) in [6.07, 6.45) is 3.27. The molecule has 0 N–H and O–H groups in total. The van der Waals surface area contributed by atoms with E-state index >= 15 is 0 Å². The fourth-order valence-corrected chi connectivity index (χ4v) is 3.70. The van der Waals surface area contributed by atoms with Gasteiger partial charge in [0.1, 0.15) is 4.90 Å². The van der Waals surface area contributed by atoms with Gasteiger partial charge in [-0.15, -0.1) is 0 Å². The minimum Gasteiger partial charge on any atom is -0.271 e. The Kier molecular flexibility index (Phi) is 5.34. The van der Waals surface area contributed by atoms with Crippen LogP contribution < -0.4 is 0 Å². The Bertz CT molecular complexity index is 474. The van der Waals surface area contributed by atoms with E-state index in [1.807, 2.05) is 20.8 Å². The summed E-state index contributed by atoms with van der Waals surface area (Å²) < 4.78 is 28.3. The summed E-state index contributed by atoms with van der Waals surface area (Å²) in [6, 6.07) is 0. The molecule has 0 aromatic carbocycles. The smallest absolute Gasteiger partial charge is 0.246 e. The molecule has 0 aliphatic heterocycles. The molecule has 0 radical (unpaired) electrons. The monoisotopic (exact) mass is 273 g/mol. The van der Waals surface area contributed by atoms with Gasteiger partial charge in [0.25, 0.3) is 0 Å². The van der Waals surface area contributed by atoms with E-state index in [0.29, 0.717) is 30.2 Å². The van der Waals surface area contributed by atoms with Crippen LogP contribution in [0.25, 0.3) is 0 Å². The van der Waals surface area contributed by atoms with E-state index in [0.717, 1.165) is 12.8 Å². The molecule has 0 unspecified atom stereocenters. The third kappa shape index (κ3) is 3.11. The maximum Gasteiger partial charge on any atom is 0.246 e. The average molecular weight is 273 g/mol. The summed E-state index contributed by atoms with van der Waals surface area (Å²) in [5, 5.41) is 4.21. The van der Waals surface area contributed by atoms with Gasteiger partial charge in [-0.3, -0.25) is 4.68 Å². The van der Waals surface area contributed by atoms with Crippen LogP contribution >= 0.6 is 0 Å². The molecular formula is C12H23N3O2S. The van der Waals surface area contributed by atoms with Crippen LogP contribution in [0.5, 0.6) is 0 Å². The highest BCUT2D eigenvalue weighted by Crippen LogP contribution is 2.19. The average Bonchev–Trinajstić information content (AvgIpc) is 2.71. The number of hydrogen-bond acceptors (Lipinski definition) is 3. The zero-order valence-corrected chi connectivity index (χ0v) is 12.5. The van der Waals surface area contributed by atoms with E-state index in [1.54, 1.807) is 22.1 Å². The summed E-state index contributed by atoms with van der Waals surface area (Å²) >= 11 is 0. The zero-order chi connectivity index (χ0) is 13.8. The van der Waals surface area contributed by atoms with Gasteiger partial charge >= 0.3 is 0 Å². The molecule has 0 atom stereocenters. The van der Waals surface area contributed by atoms with Crippen LogP contribution in [-0.2, 0) is 16.6 Å². The number of hydrogen-bond donors (Lipinski definition) is 0. The van der Waals surface area contributed by atoms with Crippen molar-refractivity contribution in [2.45, 2.75) is 52.0 Å². The minimum atomic E-state index is -3.40. The van der Waals surface area contributed by atoms with Crippen LogP contribution in [-0.4, -0.2) is 35.6 Å². The molecule has 0 saturated carbocycles. The molecule has 1 aromatic rings. The van der Waals surface area contributed by atoms with Gasteiger partial charge in [-0.1, -0.05) is 13.8 Å². The molecule has 1 heterocycles. The predicted octanol–water partition coefficient (Wildman–Crippen LogP) is 2.02. The number of aromatic nitrogens is 2. The predicted molar refractivity (Wildman–Crippen MR) is 72.0 cm³/mol. The van der Waals surface area contributed by atoms with Gasteiger partial charge < -0.3 is 0 Å². The summed E-state index contributed by atoms with van der Waals surface area (Å²) in [5.74, 6) is 0. The van der Waals surface area contributed by atoms with Crippen molar-refractivity contribution in [3.8, 4) is 0 Å². The van der Waals surface area contributed by atoms with Gasteiger partial charge in [0.05, 0.1) is 5.69 Å². The third-order valence-electron chi connectivity index (χ3n) is 2.79. The number of sulfonamides is 1. The summed E-state index contributed by atoms with van der Waals surface area (Å²) in [7, 11) is -3.40. The summed E-state index contributed by atoms with van der Waals surface area (Å²) in [4.78, 5) is 0.339. The molecule has 0 amide bonds. The molecule has 18 heavy (non-hydrogen) atoms. The maximum absolute atomic E-state index is 12.5. The van der Waals surface area contributed by atoms with Crippen molar-refractivity contribution in [1.82, 2.24) is 14.1 Å². The van der Waals surface area contributed by atoms with Crippen LogP contribution in [0.1, 0.15) is 39.3 Å². The number of nitrogens with zero attached hydrogens (tertiary/aromatic N) is 3. The van der Waals surface area contributed by atoms with Crippen LogP contribution in [0, 0.1) is 6.92 Å². The van der Waals surface area contributed by atoms with E-state index in [9.17, 15) is 8.42 Å². The minimum absolute atomic E-state index is 0.339. The van der Waals surface area contributed by atoms with E-state index < -0.39 is 10.0 Å². The molecular weight excluding hydrogens is 250 g/mol. The maximum atomic E-state index is 12.5. The first-order chi connectivity index (χ1) is 8.47. The van der Waals surface area contributed by atoms with Gasteiger partial charge in [0, 0.05) is 25.8 Å². The van der Waals surface area contributed by atoms with Gasteiger partial charge in [-0.05, 0) is 26.7 Å². The fraction of sp³-hybridized carbons (Fsp3) is 0.750. The number of rotatable bonds is 7. The first kappa shape index (κ1) is 15.2. The Hall–Kier alpha value is -0.880. The Morgan fingerprint density at radius 3 is 2.17 bits per heavy atom. The highest BCUT2D eigenvalue weighted by atomic mass is 32.2. The lowest BCUT2D eigenvalue weighted by Gasteiger charge is -2.20. The van der Waals surface area contributed by atoms with Crippen molar-refractivity contribution in [2.75, 3.05) is 13.1 Å². The van der Waals surface area contributed by atoms with E-state index in [4.69, 9.17) is 0 Å². The van der Waals surface area contributed by atoms with E-state index in [-0.39, 0.29) is 0 Å². The zero-order valence-electron chi connectivity index (χ0n) is 11.7. The number of aryl methyl sites for hydroxylation is 2. The highest BCUT2D eigenvalue weighted by Gasteiger charge is 2.26. The topological polar surface area (TPSA) is 55.2 Å². The molecule has 5 nitrogen and oxygen atoms in total. The fourth-order valence-electron chi connectivity index (χ4n) is 1.90. The third-order valence-corrected chi connectivity index (χ3v) is 4.79. The summed E-state index contributed by atoms with van der Waals surface area (Å²) in [5.41, 5.74) is 0.578. The molecule has 0 spiro atoms. The van der Waals surface area contributed by atoms with Crippen LogP contribution in [0.4, 0.5) is 0 Å². The molecule has 104 valence electrons. The van der Waals surface area contributed by atoms with Crippen molar-refractivity contribution in [2.24, 2.45) is 0 Å². The Labute approximate surface area is 110 Å². The molecule has 0 aliphatic carbocycles. The van der Waals surface area contributed by atoms with Crippen molar-refractivity contribution in [1.29, 1.82) is 0 Å². The van der Waals surface area contributed by atoms with Crippen molar-refractivity contribution in [3.05, 3.63) is 11.9 Å². The van der Waals surface area contributed by atoms with Crippen LogP contribution in [0.2, 0.25) is 0 Å². The Balaban J connectivity index is 3.12. The largest absolute Gasteiger partial charge is 0.271 e. The Morgan fingerprint density at radius 2 is 1.78 bits per heavy atom. The van der Waals surface area contributed by atoms with Crippen molar-refractivity contribution in [3.63, 3.8) is 0 Å². The first-order valence-electron chi connectivity index (χ1n) is 6.51. The lowest BCUT2D eigenvalue weighted by Crippen LogP contribution is -2.32. The molecule has 0 aliphatic rings. The van der Waals surface area contributed by atoms with Crippen LogP contribution in [0.15, 0.2) is 11.1 Å². The van der Waals surface area contributed by atoms with E-state index in [1.165, 1.54) is 0 Å². The lowest BCUT2D eigenvalue weighted by atomic mass is 10.4. The van der Waals surface area contributed by atoms with Gasteiger partial charge in [0.2, 0.25) is 10.0 Å². The normalized spacial score (nSPS) is 12.3. The van der Waals surface area contributed by atoms with Gasteiger partial charge in [0.15, 0.2) is 0 Å². The van der Waals surface area contributed by atoms with Gasteiger partial charge in [-0.2, -0.15) is 9.40 Å². The highest BCUT2D eigenvalue weighted by molar-refractivity contribution is 7.89. The molecule has 0 bridgehead atoms. The molecule has 1 rings (SSSR count). The van der Waals surface area contributed by atoms with E-state index in [2.05, 4.69) is 5.10 Å². The quantitative estimate of drug-likeness (QED) is 0.763. The second kappa shape index (κ2) is 6.33. The van der Waals surface area contributed by atoms with Crippen molar-refractivity contribution >= 4 is 10.0 Å². The van der Waals surface area contributed by atoms with Crippen LogP contribution in [0.3, 0.4) is 0 Å². The molecule has 1 aromatic heterocycles. The molecule has 0 fully saturated rings. The molecule has 0 saturated heterocycles. The lowest BCUT2D eigenvalue weighted by molar-refractivity contribution is 0.409. The van der Waals surface area contributed by atoms with Crippen molar-refractivity contribution < 1.29 is 8.42 Å². The van der Waals surface area contributed by atoms with Gasteiger partial charge in [-0.25, -0.2) is 8.42 Å². The Morgan fingerprint density at radius 1 is 1.22 bits per heavy atom.